The van der Waals surface area contributed by atoms with E-state index in [1.807, 2.05) is 0 Å². The molecule has 6 nitrogen and oxygen atoms in total. The fourth-order valence-electron chi connectivity index (χ4n) is 1.92. The van der Waals surface area contributed by atoms with Crippen molar-refractivity contribution in [2.75, 3.05) is 6.54 Å². The summed E-state index contributed by atoms with van der Waals surface area (Å²) in [6.07, 6.45) is 4.35. The Morgan fingerprint density at radius 1 is 1.63 bits per heavy atom. The van der Waals surface area contributed by atoms with Crippen molar-refractivity contribution in [2.45, 2.75) is 18.9 Å². The molecule has 0 aliphatic heterocycles. The molecule has 1 saturated carbocycles. The summed E-state index contributed by atoms with van der Waals surface area (Å²) >= 11 is 1.33. The second kappa shape index (κ2) is 4.75. The molecule has 1 unspecified atom stereocenters. The lowest BCUT2D eigenvalue weighted by molar-refractivity contribution is 0.0899. The highest BCUT2D eigenvalue weighted by Gasteiger charge is 2.30. The van der Waals surface area contributed by atoms with Gasteiger partial charge in [0.05, 0.1) is 6.10 Å². The molecule has 1 fully saturated rings. The molecule has 0 aromatic carbocycles. The van der Waals surface area contributed by atoms with Crippen molar-refractivity contribution in [2.24, 2.45) is 5.92 Å². The van der Waals surface area contributed by atoms with Gasteiger partial charge >= 0.3 is 0 Å². The fourth-order valence-corrected chi connectivity index (χ4v) is 2.60. The summed E-state index contributed by atoms with van der Waals surface area (Å²) in [7, 11) is 0. The molecule has 1 atom stereocenters. The highest BCUT2D eigenvalue weighted by atomic mass is 32.1. The smallest absolute Gasteiger partial charge is 0.271 e. The number of rotatable bonds is 4. The van der Waals surface area contributed by atoms with Crippen LogP contribution in [0.3, 0.4) is 0 Å². The Balaban J connectivity index is 1.77. The Labute approximate surface area is 112 Å². The number of thiazole rings is 1. The van der Waals surface area contributed by atoms with Crippen LogP contribution < -0.4 is 10.9 Å². The van der Waals surface area contributed by atoms with Crippen LogP contribution in [0.15, 0.2) is 22.6 Å². The Kier molecular flexibility index (Phi) is 3.08. The average molecular weight is 279 g/mol. The SMILES string of the molecule is O=C(NCC(O)C1CC1)c1cnc2sccn2c1=O. The number of aliphatic hydroxyl groups excluding tert-OH is 1. The van der Waals surface area contributed by atoms with Gasteiger partial charge in [-0.2, -0.15) is 0 Å². The topological polar surface area (TPSA) is 83.7 Å². The summed E-state index contributed by atoms with van der Waals surface area (Å²) < 4.78 is 1.34. The summed E-state index contributed by atoms with van der Waals surface area (Å²) in [6, 6.07) is 0. The Morgan fingerprint density at radius 3 is 3.16 bits per heavy atom. The van der Waals surface area contributed by atoms with Crippen LogP contribution in [0.5, 0.6) is 0 Å². The number of amides is 1. The molecule has 1 aliphatic rings. The lowest BCUT2D eigenvalue weighted by Gasteiger charge is -2.10. The third kappa shape index (κ3) is 2.39. The first-order valence-corrected chi connectivity index (χ1v) is 6.96. The first-order chi connectivity index (χ1) is 9.16. The minimum Gasteiger partial charge on any atom is -0.391 e. The van der Waals surface area contributed by atoms with Gasteiger partial charge in [0, 0.05) is 24.3 Å². The van der Waals surface area contributed by atoms with Crippen LogP contribution in [0.1, 0.15) is 23.2 Å². The zero-order valence-electron chi connectivity index (χ0n) is 10.1. The molecule has 0 spiro atoms. The predicted molar refractivity (Wildman–Crippen MR) is 70.4 cm³/mol. The molecule has 2 N–H and O–H groups in total. The molecule has 1 amide bonds. The van der Waals surface area contributed by atoms with E-state index in [1.165, 1.54) is 21.9 Å². The molecular formula is C12H13N3O3S. The maximum absolute atomic E-state index is 12.0. The Hall–Kier alpha value is -1.73. The minimum atomic E-state index is -0.524. The van der Waals surface area contributed by atoms with Crippen LogP contribution in [0.25, 0.3) is 4.96 Å². The lowest BCUT2D eigenvalue weighted by atomic mass is 10.2. The third-order valence-corrected chi connectivity index (χ3v) is 4.00. The molecule has 19 heavy (non-hydrogen) atoms. The van der Waals surface area contributed by atoms with Crippen LogP contribution in [0.2, 0.25) is 0 Å². The van der Waals surface area contributed by atoms with Crippen LogP contribution >= 0.6 is 11.3 Å². The number of nitrogens with zero attached hydrogens (tertiary/aromatic N) is 2. The number of carbonyl (C=O) groups excluding carboxylic acids is 1. The monoisotopic (exact) mass is 279 g/mol. The summed E-state index contributed by atoms with van der Waals surface area (Å²) in [5.74, 6) is -0.198. The van der Waals surface area contributed by atoms with E-state index in [0.29, 0.717) is 10.9 Å². The van der Waals surface area contributed by atoms with Crippen LogP contribution in [0.4, 0.5) is 0 Å². The van der Waals surface area contributed by atoms with E-state index in [2.05, 4.69) is 10.3 Å². The first kappa shape index (κ1) is 12.3. The van der Waals surface area contributed by atoms with Gasteiger partial charge in [0.1, 0.15) is 5.56 Å². The van der Waals surface area contributed by atoms with Gasteiger partial charge in [-0.15, -0.1) is 11.3 Å². The Morgan fingerprint density at radius 2 is 2.42 bits per heavy atom. The quantitative estimate of drug-likeness (QED) is 0.840. The summed E-state index contributed by atoms with van der Waals surface area (Å²) in [5.41, 5.74) is -0.386. The van der Waals surface area contributed by atoms with Gasteiger partial charge in [0.2, 0.25) is 0 Å². The molecule has 7 heteroatoms. The molecule has 2 heterocycles. The van der Waals surface area contributed by atoms with Gasteiger partial charge in [0.15, 0.2) is 4.96 Å². The largest absolute Gasteiger partial charge is 0.391 e. The van der Waals surface area contributed by atoms with E-state index in [9.17, 15) is 14.7 Å². The summed E-state index contributed by atoms with van der Waals surface area (Å²) in [5, 5.41) is 14.0. The molecule has 1 aliphatic carbocycles. The van der Waals surface area contributed by atoms with Crippen molar-refractivity contribution in [1.29, 1.82) is 0 Å². The molecule has 2 aromatic heterocycles. The molecular weight excluding hydrogens is 266 g/mol. The van der Waals surface area contributed by atoms with Crippen molar-refractivity contribution in [3.05, 3.63) is 33.7 Å². The van der Waals surface area contributed by atoms with Crippen molar-refractivity contribution < 1.29 is 9.90 Å². The highest BCUT2D eigenvalue weighted by molar-refractivity contribution is 7.15. The van der Waals surface area contributed by atoms with Crippen molar-refractivity contribution in [3.63, 3.8) is 0 Å². The molecule has 3 rings (SSSR count). The third-order valence-electron chi connectivity index (χ3n) is 3.23. The number of aromatic nitrogens is 2. The second-order valence-electron chi connectivity index (χ2n) is 4.65. The molecule has 0 radical (unpaired) electrons. The van der Waals surface area contributed by atoms with E-state index >= 15 is 0 Å². The van der Waals surface area contributed by atoms with Crippen LogP contribution in [0, 0.1) is 5.92 Å². The zero-order chi connectivity index (χ0) is 13.4. The van der Waals surface area contributed by atoms with Crippen LogP contribution in [-0.2, 0) is 0 Å². The first-order valence-electron chi connectivity index (χ1n) is 6.08. The summed E-state index contributed by atoms with van der Waals surface area (Å²) in [6.45, 7) is 0.176. The number of hydrogen-bond donors (Lipinski definition) is 2. The minimum absolute atomic E-state index is 0.00102. The van der Waals surface area contributed by atoms with Gasteiger partial charge in [-0.05, 0) is 18.8 Å². The molecule has 0 bridgehead atoms. The number of fused-ring (bicyclic) bond motifs is 1. The number of hydrogen-bond acceptors (Lipinski definition) is 5. The van der Waals surface area contributed by atoms with E-state index in [4.69, 9.17) is 0 Å². The van der Waals surface area contributed by atoms with Crippen molar-refractivity contribution in [1.82, 2.24) is 14.7 Å². The Bertz CT molecular complexity index is 674. The maximum Gasteiger partial charge on any atom is 0.271 e. The van der Waals surface area contributed by atoms with Gasteiger partial charge in [-0.25, -0.2) is 4.98 Å². The normalized spacial score (nSPS) is 16.5. The molecule has 2 aromatic rings. The van der Waals surface area contributed by atoms with Crippen molar-refractivity contribution in [3.8, 4) is 0 Å². The second-order valence-corrected chi connectivity index (χ2v) is 5.52. The van der Waals surface area contributed by atoms with Crippen molar-refractivity contribution >= 4 is 22.2 Å². The van der Waals surface area contributed by atoms with Gasteiger partial charge < -0.3 is 10.4 Å². The van der Waals surface area contributed by atoms with Gasteiger partial charge in [-0.1, -0.05) is 0 Å². The number of aliphatic hydroxyl groups is 1. The predicted octanol–water partition coefficient (Wildman–Crippen LogP) is 0.257. The molecule has 100 valence electrons. The molecule has 0 saturated heterocycles. The van der Waals surface area contributed by atoms with E-state index < -0.39 is 12.0 Å². The average Bonchev–Trinajstić information content (AvgIpc) is 3.14. The fraction of sp³-hybridized carbons (Fsp3) is 0.417. The standard InChI is InChI=1S/C12H13N3O3S/c16-9(7-1-2-7)6-13-10(17)8-5-14-12-15(11(8)18)3-4-19-12/h3-5,7,9,16H,1-2,6H2,(H,13,17). The lowest BCUT2D eigenvalue weighted by Crippen LogP contribution is -2.36. The highest BCUT2D eigenvalue weighted by Crippen LogP contribution is 2.32. The number of nitrogens with one attached hydrogen (secondary N) is 1. The van der Waals surface area contributed by atoms with Gasteiger partial charge in [0.25, 0.3) is 11.5 Å². The maximum atomic E-state index is 12.0. The summed E-state index contributed by atoms with van der Waals surface area (Å²) in [4.78, 5) is 28.5. The van der Waals surface area contributed by atoms with E-state index in [0.717, 1.165) is 12.8 Å². The van der Waals surface area contributed by atoms with E-state index in [-0.39, 0.29) is 17.7 Å². The van der Waals surface area contributed by atoms with Gasteiger partial charge in [-0.3, -0.25) is 14.0 Å². The number of carbonyl (C=O) groups is 1. The van der Waals surface area contributed by atoms with E-state index in [1.54, 1.807) is 11.6 Å². The van der Waals surface area contributed by atoms with Crippen LogP contribution in [-0.4, -0.2) is 33.0 Å². The zero-order valence-corrected chi connectivity index (χ0v) is 10.9.